The Labute approximate surface area is 507 Å². The minimum Gasteiger partial charge on any atom is -0.462 e. The molecule has 0 N–H and O–H groups in total. The minimum atomic E-state index is -0.815. The van der Waals surface area contributed by atoms with Crippen LogP contribution in [0.4, 0.5) is 0 Å². The fourth-order valence-electron chi connectivity index (χ4n) is 9.52. The van der Waals surface area contributed by atoms with Crippen LogP contribution in [0, 0.1) is 0 Å². The molecule has 82 heavy (non-hydrogen) atoms. The molecule has 0 heterocycles. The first-order valence-electron chi connectivity index (χ1n) is 34.5. The van der Waals surface area contributed by atoms with Crippen LogP contribution < -0.4 is 0 Å². The normalized spacial score (nSPS) is 12.9. The molecule has 0 radical (unpaired) electrons. The molecule has 6 heteroatoms. The Kier molecular flexibility index (Phi) is 65.8. The number of allylic oxidation sites excluding steroid dienone is 20. The molecular weight excluding hydrogens is 1010 g/mol. The van der Waals surface area contributed by atoms with Gasteiger partial charge in [0.2, 0.25) is 0 Å². The minimum absolute atomic E-state index is 0.104. The van der Waals surface area contributed by atoms with Crippen molar-refractivity contribution < 1.29 is 28.6 Å². The van der Waals surface area contributed by atoms with E-state index in [4.69, 9.17) is 14.2 Å². The van der Waals surface area contributed by atoms with Gasteiger partial charge in [-0.25, -0.2) is 0 Å². The van der Waals surface area contributed by atoms with Gasteiger partial charge in [-0.05, 0) is 128 Å². The lowest BCUT2D eigenvalue weighted by molar-refractivity contribution is -0.167. The van der Waals surface area contributed by atoms with Crippen molar-refractivity contribution in [2.24, 2.45) is 0 Å². The molecule has 468 valence electrons. The Balaban J connectivity index is 4.33. The Morgan fingerprint density at radius 2 is 0.488 bits per heavy atom. The van der Waals surface area contributed by atoms with Crippen LogP contribution in [0.2, 0.25) is 0 Å². The van der Waals surface area contributed by atoms with Gasteiger partial charge in [0, 0.05) is 19.3 Å². The summed E-state index contributed by atoms with van der Waals surface area (Å²) >= 11 is 0. The van der Waals surface area contributed by atoms with Gasteiger partial charge in [-0.15, -0.1) is 0 Å². The average molecular weight is 1140 g/mol. The van der Waals surface area contributed by atoms with Crippen molar-refractivity contribution in [2.75, 3.05) is 13.2 Å². The maximum Gasteiger partial charge on any atom is 0.306 e. The zero-order valence-electron chi connectivity index (χ0n) is 53.7. The number of rotatable bonds is 62. The summed E-state index contributed by atoms with van der Waals surface area (Å²) in [7, 11) is 0. The maximum atomic E-state index is 12.9. The first-order valence-corrected chi connectivity index (χ1v) is 34.5. The van der Waals surface area contributed by atoms with E-state index >= 15 is 0 Å². The topological polar surface area (TPSA) is 78.9 Å². The Hall–Kier alpha value is -4.19. The van der Waals surface area contributed by atoms with E-state index in [1.807, 2.05) is 0 Å². The number of unbranched alkanes of at least 4 members (excludes halogenated alkanes) is 31. The molecule has 1 atom stereocenters. The van der Waals surface area contributed by atoms with E-state index in [0.29, 0.717) is 19.3 Å². The smallest absolute Gasteiger partial charge is 0.306 e. The number of carbonyl (C=O) groups excluding carboxylic acids is 3. The zero-order chi connectivity index (χ0) is 59.2. The summed E-state index contributed by atoms with van der Waals surface area (Å²) in [5, 5.41) is 0. The van der Waals surface area contributed by atoms with E-state index in [9.17, 15) is 14.4 Å². The molecule has 0 aliphatic rings. The highest BCUT2D eigenvalue weighted by atomic mass is 16.6. The van der Waals surface area contributed by atoms with Gasteiger partial charge in [-0.3, -0.25) is 14.4 Å². The van der Waals surface area contributed by atoms with E-state index in [0.717, 1.165) is 109 Å². The van der Waals surface area contributed by atoms with Crippen LogP contribution in [0.25, 0.3) is 0 Å². The highest BCUT2D eigenvalue weighted by Crippen LogP contribution is 2.16. The summed E-state index contributed by atoms with van der Waals surface area (Å²) in [5.74, 6) is -0.966. The second-order valence-corrected chi connectivity index (χ2v) is 22.7. The second-order valence-electron chi connectivity index (χ2n) is 22.7. The van der Waals surface area contributed by atoms with Gasteiger partial charge in [0.25, 0.3) is 0 Å². The molecule has 0 fully saturated rings. The summed E-state index contributed by atoms with van der Waals surface area (Å²) < 4.78 is 16.9. The number of hydrogen-bond acceptors (Lipinski definition) is 6. The predicted octanol–water partition coefficient (Wildman–Crippen LogP) is 23.9. The highest BCUT2D eigenvalue weighted by Gasteiger charge is 2.19. The van der Waals surface area contributed by atoms with Gasteiger partial charge >= 0.3 is 17.9 Å². The molecule has 0 aromatic carbocycles. The molecular formula is C76H128O6. The summed E-state index contributed by atoms with van der Waals surface area (Å²) in [5.41, 5.74) is 0. The van der Waals surface area contributed by atoms with Crippen molar-refractivity contribution in [3.05, 3.63) is 122 Å². The van der Waals surface area contributed by atoms with Crippen LogP contribution in [0.3, 0.4) is 0 Å². The second kappa shape index (κ2) is 69.3. The van der Waals surface area contributed by atoms with Crippen molar-refractivity contribution in [2.45, 2.75) is 329 Å². The van der Waals surface area contributed by atoms with Crippen LogP contribution in [0.15, 0.2) is 122 Å². The Morgan fingerprint density at radius 3 is 0.817 bits per heavy atom. The summed E-state index contributed by atoms with van der Waals surface area (Å²) in [6.07, 6.45) is 96.6. The van der Waals surface area contributed by atoms with Gasteiger partial charge in [0.15, 0.2) is 6.10 Å². The third-order valence-electron chi connectivity index (χ3n) is 14.7. The van der Waals surface area contributed by atoms with Crippen LogP contribution in [0.1, 0.15) is 323 Å². The van der Waals surface area contributed by atoms with Crippen LogP contribution >= 0.6 is 0 Å². The molecule has 0 saturated carbocycles. The van der Waals surface area contributed by atoms with Crippen LogP contribution in [-0.2, 0) is 28.6 Å². The lowest BCUT2D eigenvalue weighted by Crippen LogP contribution is -2.30. The van der Waals surface area contributed by atoms with Crippen LogP contribution in [0.5, 0.6) is 0 Å². The number of esters is 3. The molecule has 1 unspecified atom stereocenters. The molecule has 0 spiro atoms. The highest BCUT2D eigenvalue weighted by molar-refractivity contribution is 5.71. The van der Waals surface area contributed by atoms with E-state index in [2.05, 4.69) is 142 Å². The van der Waals surface area contributed by atoms with E-state index in [-0.39, 0.29) is 37.5 Å². The third-order valence-corrected chi connectivity index (χ3v) is 14.7. The average Bonchev–Trinajstić information content (AvgIpc) is 3.47. The van der Waals surface area contributed by atoms with Crippen molar-refractivity contribution in [3.8, 4) is 0 Å². The first-order chi connectivity index (χ1) is 40.5. The molecule has 0 saturated heterocycles. The molecule has 0 amide bonds. The fraction of sp³-hybridized carbons (Fsp3) is 0.697. The van der Waals surface area contributed by atoms with Gasteiger partial charge in [0.05, 0.1) is 0 Å². The Bertz CT molecular complexity index is 1690. The van der Waals surface area contributed by atoms with E-state index < -0.39 is 6.10 Å². The zero-order valence-corrected chi connectivity index (χ0v) is 53.7. The third kappa shape index (κ3) is 66.6. The fourth-order valence-corrected chi connectivity index (χ4v) is 9.52. The van der Waals surface area contributed by atoms with Crippen molar-refractivity contribution >= 4 is 17.9 Å². The van der Waals surface area contributed by atoms with Gasteiger partial charge < -0.3 is 14.2 Å². The lowest BCUT2D eigenvalue weighted by atomic mass is 10.0. The molecule has 0 rings (SSSR count). The van der Waals surface area contributed by atoms with Gasteiger partial charge in [-0.2, -0.15) is 0 Å². The SMILES string of the molecule is CC/C=C\C/C=C\C/C=C\C/C=C\C/C=C\C/C=C\C/C=C\CCCC(=O)OC(COC(=O)CCCCCCC/C=C\CCCCC)COC(=O)CCCCCCCCCCCCCCCCCCC/C=C\C/C=C\CCCCCCC. The van der Waals surface area contributed by atoms with Crippen molar-refractivity contribution in [3.63, 3.8) is 0 Å². The Morgan fingerprint density at radius 1 is 0.256 bits per heavy atom. The van der Waals surface area contributed by atoms with Crippen molar-refractivity contribution in [1.29, 1.82) is 0 Å². The van der Waals surface area contributed by atoms with E-state index in [1.54, 1.807) is 0 Å². The summed E-state index contributed by atoms with van der Waals surface area (Å²) in [6.45, 7) is 6.46. The maximum absolute atomic E-state index is 12.9. The largest absolute Gasteiger partial charge is 0.462 e. The van der Waals surface area contributed by atoms with Gasteiger partial charge in [-0.1, -0.05) is 296 Å². The standard InChI is InChI=1S/C76H128O6/c1-4-7-10-13-16-19-22-25-27-29-31-33-35-36-37-38-39-40-42-43-45-47-49-51-54-57-60-63-66-69-75(78)81-72-73(71-80-74(77)68-65-62-59-56-53-24-21-18-15-12-9-6-3)82-76(79)70-67-64-61-58-55-52-50-48-46-44-41-34-32-30-28-26-23-20-17-14-11-8-5-2/h8,11,17-18,20-22,25-26,28-29,31-32,34,44,46,50,52,58,61,73H,4-7,9-10,12-16,19,23-24,27,30,33,35-43,45,47-49,51,53-57,59-60,62-72H2,1-3H3/b11-8-,20-17-,21-18-,25-22-,28-26-,31-29-,34-32-,46-44-,52-50-,61-58-. The lowest BCUT2D eigenvalue weighted by Gasteiger charge is -2.18. The molecule has 0 aromatic heterocycles. The molecule has 0 aliphatic carbocycles. The molecule has 0 bridgehead atoms. The van der Waals surface area contributed by atoms with E-state index in [1.165, 1.54) is 167 Å². The monoisotopic (exact) mass is 1140 g/mol. The van der Waals surface area contributed by atoms with Gasteiger partial charge in [0.1, 0.15) is 13.2 Å². The molecule has 6 nitrogen and oxygen atoms in total. The van der Waals surface area contributed by atoms with Crippen molar-refractivity contribution in [1.82, 2.24) is 0 Å². The molecule has 0 aromatic rings. The number of ether oxygens (including phenoxy) is 3. The quantitative estimate of drug-likeness (QED) is 0.0261. The number of carbonyl (C=O) groups is 3. The summed E-state index contributed by atoms with van der Waals surface area (Å²) in [6, 6.07) is 0. The number of hydrogen-bond donors (Lipinski definition) is 0. The molecule has 0 aliphatic heterocycles. The first kappa shape index (κ1) is 77.8. The van der Waals surface area contributed by atoms with Crippen LogP contribution in [-0.4, -0.2) is 37.2 Å². The predicted molar refractivity (Wildman–Crippen MR) is 357 cm³/mol. The summed E-state index contributed by atoms with van der Waals surface area (Å²) in [4.78, 5) is 38.3.